The van der Waals surface area contributed by atoms with E-state index in [0.29, 0.717) is 0 Å². The molecule has 3 nitrogen and oxygen atoms in total. The number of hydrogen-bond acceptors (Lipinski definition) is 3. The summed E-state index contributed by atoms with van der Waals surface area (Å²) in [4.78, 5) is 5.30. The normalized spacial score (nSPS) is 33.5. The molecule has 118 valence electrons. The molecule has 0 aromatic rings. The van der Waals surface area contributed by atoms with Crippen molar-refractivity contribution in [1.29, 1.82) is 0 Å². The van der Waals surface area contributed by atoms with Gasteiger partial charge in [0, 0.05) is 18.6 Å². The fourth-order valence-corrected chi connectivity index (χ4v) is 4.22. The van der Waals surface area contributed by atoms with Gasteiger partial charge in [-0.05, 0) is 71.2 Å². The molecule has 2 rings (SSSR count). The molecule has 3 heteroatoms. The van der Waals surface area contributed by atoms with E-state index in [1.165, 1.54) is 64.7 Å². The number of likely N-dealkylation sites (N-methyl/N-ethyl adjacent to an activating group) is 1. The van der Waals surface area contributed by atoms with Crippen molar-refractivity contribution in [3.8, 4) is 0 Å². The zero-order chi connectivity index (χ0) is 14.4. The summed E-state index contributed by atoms with van der Waals surface area (Å²) < 4.78 is 0. The first-order chi connectivity index (χ1) is 9.74. The van der Waals surface area contributed by atoms with Crippen LogP contribution in [0.1, 0.15) is 52.4 Å². The Morgan fingerprint density at radius 1 is 1.10 bits per heavy atom. The molecule has 1 saturated heterocycles. The summed E-state index contributed by atoms with van der Waals surface area (Å²) >= 11 is 0. The predicted octanol–water partition coefficient (Wildman–Crippen LogP) is 2.57. The zero-order valence-electron chi connectivity index (χ0n) is 13.9. The molecule has 2 fully saturated rings. The van der Waals surface area contributed by atoms with Gasteiger partial charge in [0.25, 0.3) is 0 Å². The van der Waals surface area contributed by atoms with Gasteiger partial charge in [0.15, 0.2) is 0 Å². The molecule has 0 aromatic carbocycles. The van der Waals surface area contributed by atoms with Crippen molar-refractivity contribution >= 4 is 0 Å². The highest BCUT2D eigenvalue weighted by atomic mass is 15.2. The van der Waals surface area contributed by atoms with E-state index in [0.717, 1.165) is 24.5 Å². The highest BCUT2D eigenvalue weighted by Gasteiger charge is 2.28. The van der Waals surface area contributed by atoms with Crippen LogP contribution in [0.25, 0.3) is 0 Å². The van der Waals surface area contributed by atoms with E-state index in [2.05, 4.69) is 36.0 Å². The van der Waals surface area contributed by atoms with Gasteiger partial charge >= 0.3 is 0 Å². The van der Waals surface area contributed by atoms with E-state index in [4.69, 9.17) is 0 Å². The lowest BCUT2D eigenvalue weighted by molar-refractivity contribution is 0.169. The SMILES string of the molecule is CCNC1CCCC1CCN1CCCN(C)CC1CC. The summed E-state index contributed by atoms with van der Waals surface area (Å²) in [6, 6.07) is 1.58. The number of nitrogens with one attached hydrogen (secondary N) is 1. The summed E-state index contributed by atoms with van der Waals surface area (Å²) in [5.74, 6) is 0.924. The Hall–Kier alpha value is -0.120. The molecule has 0 radical (unpaired) electrons. The van der Waals surface area contributed by atoms with Crippen molar-refractivity contribution in [3.05, 3.63) is 0 Å². The third-order valence-corrected chi connectivity index (χ3v) is 5.41. The van der Waals surface area contributed by atoms with Crippen LogP contribution in [-0.4, -0.2) is 61.7 Å². The van der Waals surface area contributed by atoms with Crippen LogP contribution >= 0.6 is 0 Å². The van der Waals surface area contributed by atoms with Gasteiger partial charge in [-0.2, -0.15) is 0 Å². The summed E-state index contributed by atoms with van der Waals surface area (Å²) in [6.45, 7) is 10.9. The van der Waals surface area contributed by atoms with Gasteiger partial charge in [0.05, 0.1) is 0 Å². The molecule has 1 N–H and O–H groups in total. The van der Waals surface area contributed by atoms with Gasteiger partial charge in [-0.15, -0.1) is 0 Å². The lowest BCUT2D eigenvalue weighted by Crippen LogP contribution is -2.41. The molecule has 0 amide bonds. The van der Waals surface area contributed by atoms with Gasteiger partial charge in [-0.1, -0.05) is 20.3 Å². The summed E-state index contributed by atoms with van der Waals surface area (Å²) in [7, 11) is 2.28. The van der Waals surface area contributed by atoms with E-state index in [1.54, 1.807) is 0 Å². The second-order valence-corrected chi connectivity index (χ2v) is 6.86. The van der Waals surface area contributed by atoms with Crippen LogP contribution in [0.4, 0.5) is 0 Å². The smallest absolute Gasteiger partial charge is 0.0220 e. The van der Waals surface area contributed by atoms with Gasteiger partial charge < -0.3 is 10.2 Å². The zero-order valence-corrected chi connectivity index (χ0v) is 13.9. The van der Waals surface area contributed by atoms with Crippen LogP contribution < -0.4 is 5.32 Å². The number of rotatable bonds is 6. The first-order valence-electron chi connectivity index (χ1n) is 8.90. The van der Waals surface area contributed by atoms with Crippen LogP contribution in [0, 0.1) is 5.92 Å². The van der Waals surface area contributed by atoms with Crippen molar-refractivity contribution < 1.29 is 0 Å². The minimum absolute atomic E-state index is 0.779. The van der Waals surface area contributed by atoms with Gasteiger partial charge in [0.2, 0.25) is 0 Å². The van der Waals surface area contributed by atoms with Crippen molar-refractivity contribution in [3.63, 3.8) is 0 Å². The minimum Gasteiger partial charge on any atom is -0.314 e. The summed E-state index contributed by atoms with van der Waals surface area (Å²) in [5.41, 5.74) is 0. The molecule has 0 spiro atoms. The number of hydrogen-bond donors (Lipinski definition) is 1. The summed E-state index contributed by atoms with van der Waals surface area (Å²) in [6.07, 6.45) is 8.32. The van der Waals surface area contributed by atoms with Crippen LogP contribution in [-0.2, 0) is 0 Å². The molecule has 0 aromatic heterocycles. The predicted molar refractivity (Wildman–Crippen MR) is 87.2 cm³/mol. The molecule has 3 unspecified atom stereocenters. The second-order valence-electron chi connectivity index (χ2n) is 6.86. The van der Waals surface area contributed by atoms with E-state index in [9.17, 15) is 0 Å². The standard InChI is InChI=1S/C17H35N3/c1-4-16-14-19(3)11-7-12-20(16)13-10-15-8-6-9-17(15)18-5-2/h15-18H,4-14H2,1-3H3. The molecule has 1 aliphatic carbocycles. The molecule has 3 atom stereocenters. The average molecular weight is 281 g/mol. The Balaban J connectivity index is 1.81. The Bertz CT molecular complexity index is 269. The van der Waals surface area contributed by atoms with E-state index in [-0.39, 0.29) is 0 Å². The average Bonchev–Trinajstić information content (AvgIpc) is 2.79. The molecule has 2 aliphatic rings. The molecular formula is C17H35N3. The second kappa shape index (κ2) is 8.35. The molecule has 0 bridgehead atoms. The van der Waals surface area contributed by atoms with Crippen molar-refractivity contribution in [2.45, 2.75) is 64.5 Å². The third-order valence-electron chi connectivity index (χ3n) is 5.41. The highest BCUT2D eigenvalue weighted by molar-refractivity contribution is 4.85. The molecule has 1 aliphatic heterocycles. The Morgan fingerprint density at radius 2 is 1.95 bits per heavy atom. The maximum absolute atomic E-state index is 3.70. The van der Waals surface area contributed by atoms with Gasteiger partial charge in [-0.3, -0.25) is 4.90 Å². The van der Waals surface area contributed by atoms with Crippen LogP contribution in [0.15, 0.2) is 0 Å². The topological polar surface area (TPSA) is 18.5 Å². The van der Waals surface area contributed by atoms with E-state index in [1.807, 2.05) is 0 Å². The third kappa shape index (κ3) is 4.44. The van der Waals surface area contributed by atoms with Crippen molar-refractivity contribution in [2.24, 2.45) is 5.92 Å². The first-order valence-corrected chi connectivity index (χ1v) is 8.90. The monoisotopic (exact) mass is 281 g/mol. The molecule has 1 saturated carbocycles. The lowest BCUT2D eigenvalue weighted by atomic mass is 9.98. The minimum atomic E-state index is 0.779. The maximum Gasteiger partial charge on any atom is 0.0220 e. The Labute approximate surface area is 126 Å². The molecular weight excluding hydrogens is 246 g/mol. The Morgan fingerprint density at radius 3 is 2.70 bits per heavy atom. The first kappa shape index (κ1) is 16.3. The van der Waals surface area contributed by atoms with Crippen molar-refractivity contribution in [2.75, 3.05) is 39.8 Å². The van der Waals surface area contributed by atoms with Crippen molar-refractivity contribution in [1.82, 2.24) is 15.1 Å². The fourth-order valence-electron chi connectivity index (χ4n) is 4.22. The maximum atomic E-state index is 3.70. The summed E-state index contributed by atoms with van der Waals surface area (Å²) in [5, 5.41) is 3.70. The molecule has 1 heterocycles. The molecule has 20 heavy (non-hydrogen) atoms. The fraction of sp³-hybridized carbons (Fsp3) is 1.00. The van der Waals surface area contributed by atoms with Crippen LogP contribution in [0.5, 0.6) is 0 Å². The Kier molecular flexibility index (Phi) is 6.79. The van der Waals surface area contributed by atoms with Crippen LogP contribution in [0.2, 0.25) is 0 Å². The largest absolute Gasteiger partial charge is 0.314 e. The quantitative estimate of drug-likeness (QED) is 0.807. The van der Waals surface area contributed by atoms with E-state index >= 15 is 0 Å². The number of nitrogens with zero attached hydrogens (tertiary/aromatic N) is 2. The van der Waals surface area contributed by atoms with Gasteiger partial charge in [-0.25, -0.2) is 0 Å². The van der Waals surface area contributed by atoms with Crippen LogP contribution in [0.3, 0.4) is 0 Å². The van der Waals surface area contributed by atoms with E-state index < -0.39 is 0 Å². The highest BCUT2D eigenvalue weighted by Crippen LogP contribution is 2.29. The lowest BCUT2D eigenvalue weighted by Gasteiger charge is -2.32. The van der Waals surface area contributed by atoms with Gasteiger partial charge in [0.1, 0.15) is 0 Å².